The third kappa shape index (κ3) is 2.19. The molecule has 4 amide bonds. The smallest absolute Gasteiger partial charge is 0.262 e. The number of carbonyl (C=O) groups is 4. The molecule has 0 spiro atoms. The predicted molar refractivity (Wildman–Crippen MR) is 73.8 cm³/mol. The molecule has 1 aromatic carbocycles. The van der Waals surface area contributed by atoms with Crippen molar-refractivity contribution in [3.8, 4) is 0 Å². The highest BCUT2D eigenvalue weighted by Crippen LogP contribution is 2.28. The van der Waals surface area contributed by atoms with Gasteiger partial charge in [0, 0.05) is 13.5 Å². The molecule has 1 aromatic rings. The SMILES string of the molecule is COCc1ccc2c(c1)C(=O)N([C@@H]1CCC(=O)NC1=O)C2=O. The van der Waals surface area contributed by atoms with Crippen LogP contribution in [-0.2, 0) is 20.9 Å². The van der Waals surface area contributed by atoms with Crippen LogP contribution in [0.15, 0.2) is 18.2 Å². The lowest BCUT2D eigenvalue weighted by molar-refractivity contribution is -0.136. The molecule has 2 aliphatic heterocycles. The lowest BCUT2D eigenvalue weighted by Gasteiger charge is -2.27. The van der Waals surface area contributed by atoms with Gasteiger partial charge in [-0.2, -0.15) is 0 Å². The summed E-state index contributed by atoms with van der Waals surface area (Å²) in [7, 11) is 1.54. The molecule has 0 aromatic heterocycles. The van der Waals surface area contributed by atoms with Gasteiger partial charge < -0.3 is 4.74 Å². The minimum absolute atomic E-state index is 0.110. The molecule has 2 aliphatic rings. The molecular formula is C15H14N2O5. The van der Waals surface area contributed by atoms with Crippen molar-refractivity contribution in [1.29, 1.82) is 0 Å². The largest absolute Gasteiger partial charge is 0.380 e. The standard InChI is InChI=1S/C15H14N2O5/c1-22-7-8-2-3-9-10(6-8)15(21)17(14(9)20)11-4-5-12(18)16-13(11)19/h2-3,6,11H,4-5,7H2,1H3,(H,16,18,19)/t11-/m1/s1. The van der Waals surface area contributed by atoms with Gasteiger partial charge in [0.1, 0.15) is 6.04 Å². The van der Waals surface area contributed by atoms with E-state index in [1.807, 2.05) is 0 Å². The highest BCUT2D eigenvalue weighted by Gasteiger charge is 2.44. The number of imide groups is 2. The second-order valence-corrected chi connectivity index (χ2v) is 5.26. The zero-order valence-electron chi connectivity index (χ0n) is 11.9. The summed E-state index contributed by atoms with van der Waals surface area (Å²) < 4.78 is 5.01. The van der Waals surface area contributed by atoms with Crippen LogP contribution in [-0.4, -0.2) is 41.7 Å². The first-order valence-corrected chi connectivity index (χ1v) is 6.86. The Labute approximate surface area is 126 Å². The average Bonchev–Trinajstić information content (AvgIpc) is 2.72. The van der Waals surface area contributed by atoms with Crippen molar-refractivity contribution < 1.29 is 23.9 Å². The van der Waals surface area contributed by atoms with Gasteiger partial charge in [-0.05, 0) is 24.1 Å². The van der Waals surface area contributed by atoms with E-state index in [1.54, 1.807) is 18.2 Å². The second-order valence-electron chi connectivity index (χ2n) is 5.26. The summed E-state index contributed by atoms with van der Waals surface area (Å²) in [5, 5.41) is 2.16. The Morgan fingerprint density at radius 1 is 1.18 bits per heavy atom. The molecule has 114 valence electrons. The van der Waals surface area contributed by atoms with E-state index in [0.29, 0.717) is 6.61 Å². The molecule has 0 radical (unpaired) electrons. The number of methoxy groups -OCH3 is 1. The number of rotatable bonds is 3. The number of nitrogens with one attached hydrogen (secondary N) is 1. The average molecular weight is 302 g/mol. The van der Waals surface area contributed by atoms with Gasteiger partial charge in [0.2, 0.25) is 11.8 Å². The van der Waals surface area contributed by atoms with Crippen molar-refractivity contribution in [3.05, 3.63) is 34.9 Å². The van der Waals surface area contributed by atoms with Crippen molar-refractivity contribution in [2.45, 2.75) is 25.5 Å². The highest BCUT2D eigenvalue weighted by atomic mass is 16.5. The minimum atomic E-state index is -0.934. The third-order valence-corrected chi connectivity index (χ3v) is 3.82. The van der Waals surface area contributed by atoms with Gasteiger partial charge in [0.25, 0.3) is 11.8 Å². The van der Waals surface area contributed by atoms with Crippen LogP contribution in [0.4, 0.5) is 0 Å². The quantitative estimate of drug-likeness (QED) is 0.807. The van der Waals surface area contributed by atoms with E-state index < -0.39 is 23.8 Å². The number of carbonyl (C=O) groups excluding carboxylic acids is 4. The van der Waals surface area contributed by atoms with E-state index in [1.165, 1.54) is 7.11 Å². The Kier molecular flexibility index (Phi) is 3.50. The van der Waals surface area contributed by atoms with Crippen LogP contribution < -0.4 is 5.32 Å². The molecule has 2 heterocycles. The van der Waals surface area contributed by atoms with Gasteiger partial charge in [-0.1, -0.05) is 6.07 Å². The summed E-state index contributed by atoms with van der Waals surface area (Å²) >= 11 is 0. The first kappa shape index (κ1) is 14.4. The number of amides is 4. The molecule has 1 fully saturated rings. The van der Waals surface area contributed by atoms with E-state index in [9.17, 15) is 19.2 Å². The number of nitrogens with zero attached hydrogens (tertiary/aromatic N) is 1. The Balaban J connectivity index is 1.93. The molecule has 0 bridgehead atoms. The van der Waals surface area contributed by atoms with E-state index in [2.05, 4.69) is 5.32 Å². The maximum atomic E-state index is 12.5. The molecule has 1 saturated heterocycles. The predicted octanol–water partition coefficient (Wildman–Crippen LogP) is 0.234. The van der Waals surface area contributed by atoms with Gasteiger partial charge in [0.05, 0.1) is 17.7 Å². The Morgan fingerprint density at radius 2 is 1.91 bits per heavy atom. The van der Waals surface area contributed by atoms with Crippen LogP contribution in [0.5, 0.6) is 0 Å². The second kappa shape index (κ2) is 5.34. The normalized spacial score (nSPS) is 21.1. The van der Waals surface area contributed by atoms with Crippen LogP contribution in [0.1, 0.15) is 39.1 Å². The lowest BCUT2D eigenvalue weighted by atomic mass is 10.0. The fraction of sp³-hybridized carbons (Fsp3) is 0.333. The van der Waals surface area contributed by atoms with Crippen LogP contribution >= 0.6 is 0 Å². The maximum absolute atomic E-state index is 12.5. The molecule has 0 saturated carbocycles. The summed E-state index contributed by atoms with van der Waals surface area (Å²) in [6.45, 7) is 0.327. The number of fused-ring (bicyclic) bond motifs is 1. The highest BCUT2D eigenvalue weighted by molar-refractivity contribution is 6.23. The molecule has 0 aliphatic carbocycles. The van der Waals surface area contributed by atoms with Crippen molar-refractivity contribution in [2.24, 2.45) is 0 Å². The first-order chi connectivity index (χ1) is 10.5. The van der Waals surface area contributed by atoms with Crippen LogP contribution in [0, 0.1) is 0 Å². The summed E-state index contributed by atoms with van der Waals surface area (Å²) in [6.07, 6.45) is 0.264. The lowest BCUT2D eigenvalue weighted by Crippen LogP contribution is -2.54. The summed E-state index contributed by atoms with van der Waals surface area (Å²) in [5.74, 6) is -2.01. The summed E-state index contributed by atoms with van der Waals surface area (Å²) in [4.78, 5) is 49.0. The molecule has 22 heavy (non-hydrogen) atoms. The number of ether oxygens (including phenoxy) is 1. The number of hydrogen-bond donors (Lipinski definition) is 1. The molecule has 7 nitrogen and oxygen atoms in total. The summed E-state index contributed by atoms with van der Waals surface area (Å²) in [6, 6.07) is 3.94. The molecule has 0 unspecified atom stereocenters. The fourth-order valence-corrected chi connectivity index (χ4v) is 2.77. The van der Waals surface area contributed by atoms with Crippen LogP contribution in [0.2, 0.25) is 0 Å². The van der Waals surface area contributed by atoms with Crippen molar-refractivity contribution >= 4 is 23.6 Å². The monoisotopic (exact) mass is 302 g/mol. The first-order valence-electron chi connectivity index (χ1n) is 6.86. The number of hydrogen-bond acceptors (Lipinski definition) is 5. The zero-order valence-corrected chi connectivity index (χ0v) is 11.9. The molecule has 7 heteroatoms. The van der Waals surface area contributed by atoms with Crippen LogP contribution in [0.25, 0.3) is 0 Å². The van der Waals surface area contributed by atoms with E-state index in [-0.39, 0.29) is 29.9 Å². The van der Waals surface area contributed by atoms with Gasteiger partial charge in [0.15, 0.2) is 0 Å². The van der Waals surface area contributed by atoms with Gasteiger partial charge in [-0.3, -0.25) is 29.4 Å². The van der Waals surface area contributed by atoms with Crippen molar-refractivity contribution in [3.63, 3.8) is 0 Å². The molecule has 1 N–H and O–H groups in total. The van der Waals surface area contributed by atoms with Crippen molar-refractivity contribution in [1.82, 2.24) is 10.2 Å². The van der Waals surface area contributed by atoms with Crippen LogP contribution in [0.3, 0.4) is 0 Å². The van der Waals surface area contributed by atoms with Crippen molar-refractivity contribution in [2.75, 3.05) is 7.11 Å². The Bertz CT molecular complexity index is 697. The number of piperidine rings is 1. The van der Waals surface area contributed by atoms with Gasteiger partial charge >= 0.3 is 0 Å². The number of benzene rings is 1. The zero-order chi connectivity index (χ0) is 15.9. The molecule has 3 rings (SSSR count). The van der Waals surface area contributed by atoms with E-state index in [0.717, 1.165) is 10.5 Å². The fourth-order valence-electron chi connectivity index (χ4n) is 2.77. The van der Waals surface area contributed by atoms with E-state index >= 15 is 0 Å². The molecule has 1 atom stereocenters. The third-order valence-electron chi connectivity index (χ3n) is 3.82. The van der Waals surface area contributed by atoms with Gasteiger partial charge in [-0.25, -0.2) is 0 Å². The summed E-state index contributed by atoms with van der Waals surface area (Å²) in [5.41, 5.74) is 1.31. The van der Waals surface area contributed by atoms with E-state index in [4.69, 9.17) is 4.74 Å². The van der Waals surface area contributed by atoms with Gasteiger partial charge in [-0.15, -0.1) is 0 Å². The minimum Gasteiger partial charge on any atom is -0.380 e. The Hall–Kier alpha value is -2.54. The Morgan fingerprint density at radius 3 is 2.59 bits per heavy atom. The maximum Gasteiger partial charge on any atom is 0.262 e. The molecular weight excluding hydrogens is 288 g/mol. The topological polar surface area (TPSA) is 92.8 Å².